The monoisotopic (exact) mass is 438 g/mol. The zero-order valence-corrected chi connectivity index (χ0v) is 17.8. The molecular formula is C25H18N4O2S. The summed E-state index contributed by atoms with van der Waals surface area (Å²) in [6, 6.07) is 19.2. The van der Waals surface area contributed by atoms with Crippen LogP contribution < -0.4 is 5.32 Å². The van der Waals surface area contributed by atoms with Gasteiger partial charge < -0.3 is 5.32 Å². The number of amides is 1. The lowest BCUT2D eigenvalue weighted by Crippen LogP contribution is -2.23. The maximum atomic E-state index is 12.9. The van der Waals surface area contributed by atoms with Crippen LogP contribution in [-0.4, -0.2) is 26.6 Å². The van der Waals surface area contributed by atoms with Crippen LogP contribution in [0, 0.1) is 0 Å². The minimum atomic E-state index is -0.262. The van der Waals surface area contributed by atoms with Gasteiger partial charge >= 0.3 is 0 Å². The number of pyridine rings is 2. The van der Waals surface area contributed by atoms with Gasteiger partial charge in [-0.3, -0.25) is 19.0 Å². The normalized spacial score (nSPS) is 10.9. The Kier molecular flexibility index (Phi) is 5.31. The predicted octanol–water partition coefficient (Wildman–Crippen LogP) is 4.87. The van der Waals surface area contributed by atoms with Crippen molar-refractivity contribution in [2.75, 3.05) is 0 Å². The van der Waals surface area contributed by atoms with Crippen molar-refractivity contribution in [3.05, 3.63) is 101 Å². The molecule has 0 fully saturated rings. The molecule has 0 radical (unpaired) electrons. The fourth-order valence-corrected chi connectivity index (χ4v) is 4.21. The number of imidazole rings is 1. The van der Waals surface area contributed by atoms with Gasteiger partial charge in [-0.05, 0) is 35.2 Å². The summed E-state index contributed by atoms with van der Waals surface area (Å²) in [5, 5.41) is 6.79. The Labute approximate surface area is 188 Å². The Hall–Kier alpha value is -4.10. The van der Waals surface area contributed by atoms with Crippen LogP contribution in [0.2, 0.25) is 0 Å². The summed E-state index contributed by atoms with van der Waals surface area (Å²) in [4.78, 5) is 33.8. The number of benzene rings is 1. The van der Waals surface area contributed by atoms with Gasteiger partial charge in [0.2, 0.25) is 0 Å². The van der Waals surface area contributed by atoms with Gasteiger partial charge in [0.25, 0.3) is 5.91 Å². The molecule has 0 spiro atoms. The first-order valence-electron chi connectivity index (χ1n) is 10.0. The number of aldehydes is 1. The molecule has 7 heteroatoms. The van der Waals surface area contributed by atoms with Gasteiger partial charge in [0.15, 0.2) is 11.9 Å². The summed E-state index contributed by atoms with van der Waals surface area (Å²) in [5.74, 6) is -0.262. The molecule has 0 saturated carbocycles. The van der Waals surface area contributed by atoms with E-state index in [1.165, 1.54) is 11.3 Å². The second-order valence-electron chi connectivity index (χ2n) is 7.19. The number of rotatable bonds is 6. The van der Waals surface area contributed by atoms with E-state index in [1.54, 1.807) is 28.9 Å². The Balaban J connectivity index is 1.38. The second-order valence-corrected chi connectivity index (χ2v) is 7.97. The van der Waals surface area contributed by atoms with E-state index in [0.29, 0.717) is 29.1 Å². The lowest BCUT2D eigenvalue weighted by atomic mass is 10.1. The molecule has 6 nitrogen and oxygen atoms in total. The zero-order valence-electron chi connectivity index (χ0n) is 16.9. The van der Waals surface area contributed by atoms with Crippen LogP contribution in [0.1, 0.15) is 26.4 Å². The van der Waals surface area contributed by atoms with E-state index in [4.69, 9.17) is 0 Å². The van der Waals surface area contributed by atoms with Gasteiger partial charge in [-0.15, -0.1) is 0 Å². The molecule has 4 heterocycles. The molecule has 0 aliphatic rings. The first-order valence-corrected chi connectivity index (χ1v) is 11.0. The topological polar surface area (TPSA) is 76.4 Å². The van der Waals surface area contributed by atoms with E-state index in [9.17, 15) is 9.59 Å². The largest absolute Gasteiger partial charge is 0.348 e. The summed E-state index contributed by atoms with van der Waals surface area (Å²) in [6.07, 6.45) is 4.28. The molecule has 5 aromatic rings. The highest BCUT2D eigenvalue weighted by Crippen LogP contribution is 2.26. The van der Waals surface area contributed by atoms with Crippen molar-refractivity contribution in [1.29, 1.82) is 0 Å². The number of fused-ring (bicyclic) bond motifs is 1. The molecule has 1 amide bonds. The van der Waals surface area contributed by atoms with Gasteiger partial charge in [0.1, 0.15) is 11.4 Å². The number of aromatic nitrogens is 3. The average molecular weight is 439 g/mol. The highest BCUT2D eigenvalue weighted by atomic mass is 32.1. The van der Waals surface area contributed by atoms with Crippen molar-refractivity contribution >= 4 is 29.2 Å². The molecule has 0 bridgehead atoms. The smallest absolute Gasteiger partial charge is 0.255 e. The van der Waals surface area contributed by atoms with Crippen LogP contribution in [0.25, 0.3) is 28.2 Å². The Morgan fingerprint density at radius 1 is 1.03 bits per heavy atom. The predicted molar refractivity (Wildman–Crippen MR) is 125 cm³/mol. The molecule has 1 N–H and O–H groups in total. The Morgan fingerprint density at radius 2 is 1.91 bits per heavy atom. The third kappa shape index (κ3) is 3.70. The summed E-state index contributed by atoms with van der Waals surface area (Å²) in [7, 11) is 0. The molecule has 4 aromatic heterocycles. The number of carbonyl (C=O) groups excluding carboxylic acids is 2. The first kappa shape index (κ1) is 19.8. The van der Waals surface area contributed by atoms with Gasteiger partial charge in [0.05, 0.1) is 11.3 Å². The lowest BCUT2D eigenvalue weighted by Gasteiger charge is -2.07. The quantitative estimate of drug-likeness (QED) is 0.384. The van der Waals surface area contributed by atoms with Crippen molar-refractivity contribution in [3.63, 3.8) is 0 Å². The van der Waals surface area contributed by atoms with E-state index in [2.05, 4.69) is 15.3 Å². The minimum Gasteiger partial charge on any atom is -0.348 e. The van der Waals surface area contributed by atoms with E-state index in [0.717, 1.165) is 28.7 Å². The highest BCUT2D eigenvalue weighted by Gasteiger charge is 2.19. The summed E-state index contributed by atoms with van der Waals surface area (Å²) < 4.78 is 1.66. The summed E-state index contributed by atoms with van der Waals surface area (Å²) in [6.45, 7) is 0.334. The highest BCUT2D eigenvalue weighted by molar-refractivity contribution is 7.08. The first-order chi connectivity index (χ1) is 15.7. The van der Waals surface area contributed by atoms with Crippen molar-refractivity contribution in [3.8, 4) is 22.5 Å². The Morgan fingerprint density at radius 3 is 2.62 bits per heavy atom. The van der Waals surface area contributed by atoms with Crippen LogP contribution in [0.3, 0.4) is 0 Å². The number of hydrogen-bond donors (Lipinski definition) is 1. The third-order valence-electron chi connectivity index (χ3n) is 5.19. The fraction of sp³-hybridized carbons (Fsp3) is 0.0400. The van der Waals surface area contributed by atoms with Crippen molar-refractivity contribution < 1.29 is 9.59 Å². The van der Waals surface area contributed by atoms with Gasteiger partial charge in [-0.25, -0.2) is 4.98 Å². The van der Waals surface area contributed by atoms with Crippen molar-refractivity contribution in [1.82, 2.24) is 19.7 Å². The summed E-state index contributed by atoms with van der Waals surface area (Å²) >= 11 is 1.53. The maximum Gasteiger partial charge on any atom is 0.255 e. The number of carbonyl (C=O) groups is 2. The third-order valence-corrected chi connectivity index (χ3v) is 5.87. The molecule has 156 valence electrons. The van der Waals surface area contributed by atoms with E-state index in [1.807, 2.05) is 59.3 Å². The van der Waals surface area contributed by atoms with Crippen LogP contribution in [0.15, 0.2) is 83.8 Å². The van der Waals surface area contributed by atoms with Crippen LogP contribution in [0.4, 0.5) is 0 Å². The lowest BCUT2D eigenvalue weighted by molar-refractivity contribution is 0.0951. The molecule has 0 aliphatic carbocycles. The maximum absolute atomic E-state index is 12.9. The summed E-state index contributed by atoms with van der Waals surface area (Å²) in [5.41, 5.74) is 5.53. The molecule has 0 unspecified atom stereocenters. The molecule has 5 rings (SSSR count). The molecule has 32 heavy (non-hydrogen) atoms. The average Bonchev–Trinajstić information content (AvgIpc) is 3.51. The van der Waals surface area contributed by atoms with Crippen LogP contribution in [-0.2, 0) is 6.54 Å². The van der Waals surface area contributed by atoms with Gasteiger partial charge in [-0.2, -0.15) is 11.3 Å². The van der Waals surface area contributed by atoms with E-state index < -0.39 is 0 Å². The van der Waals surface area contributed by atoms with Crippen molar-refractivity contribution in [2.24, 2.45) is 0 Å². The SMILES string of the molecule is O=Cc1c(-c2ccsc2)nc2c(C(=O)NCc3ccc(-c4ccccc4)nc3)cccn12. The van der Waals surface area contributed by atoms with E-state index in [-0.39, 0.29) is 5.91 Å². The zero-order chi connectivity index (χ0) is 21.9. The van der Waals surface area contributed by atoms with Gasteiger partial charge in [0, 0.05) is 35.4 Å². The minimum absolute atomic E-state index is 0.262. The molecule has 0 atom stereocenters. The molecule has 0 saturated heterocycles. The standard InChI is InChI=1S/C25H18N4O2S/c30-15-22-23(19-10-12-32-16-19)28-24-20(7-4-11-29(22)24)25(31)27-14-17-8-9-21(26-13-17)18-5-2-1-3-6-18/h1-13,15-16H,14H2,(H,27,31). The number of nitrogens with one attached hydrogen (secondary N) is 1. The van der Waals surface area contributed by atoms with Crippen molar-refractivity contribution in [2.45, 2.75) is 6.54 Å². The van der Waals surface area contributed by atoms with Crippen LogP contribution >= 0.6 is 11.3 Å². The van der Waals surface area contributed by atoms with Gasteiger partial charge in [-0.1, -0.05) is 36.4 Å². The fourth-order valence-electron chi connectivity index (χ4n) is 3.57. The number of thiophene rings is 1. The van der Waals surface area contributed by atoms with E-state index >= 15 is 0 Å². The molecule has 0 aliphatic heterocycles. The number of hydrogen-bond acceptors (Lipinski definition) is 5. The Bertz CT molecular complexity index is 1390. The molecular weight excluding hydrogens is 420 g/mol. The second kappa shape index (κ2) is 8.56. The van der Waals surface area contributed by atoms with Crippen LogP contribution in [0.5, 0.6) is 0 Å². The molecule has 1 aromatic carbocycles. The number of nitrogens with zero attached hydrogens (tertiary/aromatic N) is 3.